The van der Waals surface area contributed by atoms with E-state index in [4.69, 9.17) is 5.73 Å². The molecule has 9 heavy (non-hydrogen) atoms. The van der Waals surface area contributed by atoms with Crippen molar-refractivity contribution in [1.82, 2.24) is 0 Å². The first-order chi connectivity index (χ1) is 4.16. The van der Waals surface area contributed by atoms with Gasteiger partial charge in [-0.2, -0.15) is 8.78 Å². The standard InChI is InChI=1S/C5H11F2NO/c1-4(2-8)3-9-5(6)7/h4-5H,2-3,8H2,1H3. The minimum absolute atomic E-state index is 0.0130. The van der Waals surface area contributed by atoms with Gasteiger partial charge in [0, 0.05) is 0 Å². The van der Waals surface area contributed by atoms with Crippen molar-refractivity contribution in [2.75, 3.05) is 13.2 Å². The van der Waals surface area contributed by atoms with Crippen LogP contribution < -0.4 is 5.73 Å². The van der Waals surface area contributed by atoms with Gasteiger partial charge in [-0.25, -0.2) is 0 Å². The fourth-order valence-electron chi connectivity index (χ4n) is 0.305. The molecule has 0 aromatic heterocycles. The van der Waals surface area contributed by atoms with Crippen LogP contribution in [0.25, 0.3) is 0 Å². The van der Waals surface area contributed by atoms with E-state index in [1.165, 1.54) is 0 Å². The zero-order valence-corrected chi connectivity index (χ0v) is 5.31. The molecule has 0 aromatic carbocycles. The Balaban J connectivity index is 3.06. The Kier molecular flexibility index (Phi) is 4.53. The molecule has 0 bridgehead atoms. The van der Waals surface area contributed by atoms with Crippen LogP contribution in [0.1, 0.15) is 6.92 Å². The molecule has 1 unspecified atom stereocenters. The molecule has 0 aliphatic heterocycles. The summed E-state index contributed by atoms with van der Waals surface area (Å²) in [5, 5.41) is 0. The first-order valence-electron chi connectivity index (χ1n) is 2.76. The monoisotopic (exact) mass is 139 g/mol. The van der Waals surface area contributed by atoms with E-state index >= 15 is 0 Å². The Morgan fingerprint density at radius 3 is 2.44 bits per heavy atom. The molecule has 56 valence electrons. The van der Waals surface area contributed by atoms with Crippen molar-refractivity contribution in [2.45, 2.75) is 13.5 Å². The third-order valence-electron chi connectivity index (χ3n) is 0.909. The SMILES string of the molecule is CC(CN)COC(F)F. The van der Waals surface area contributed by atoms with E-state index < -0.39 is 6.61 Å². The van der Waals surface area contributed by atoms with Crippen molar-refractivity contribution in [3.63, 3.8) is 0 Å². The van der Waals surface area contributed by atoms with Crippen LogP contribution >= 0.6 is 0 Å². The van der Waals surface area contributed by atoms with Crippen LogP contribution in [-0.4, -0.2) is 19.8 Å². The van der Waals surface area contributed by atoms with Crippen LogP contribution in [0.2, 0.25) is 0 Å². The largest absolute Gasteiger partial charge is 0.345 e. The van der Waals surface area contributed by atoms with Crippen LogP contribution in [0.3, 0.4) is 0 Å². The molecule has 0 aliphatic rings. The second-order valence-electron chi connectivity index (χ2n) is 1.93. The van der Waals surface area contributed by atoms with Crippen molar-refractivity contribution < 1.29 is 13.5 Å². The number of hydrogen-bond acceptors (Lipinski definition) is 2. The maximum atomic E-state index is 11.3. The fourth-order valence-corrected chi connectivity index (χ4v) is 0.305. The lowest BCUT2D eigenvalue weighted by Gasteiger charge is -2.07. The predicted molar refractivity (Wildman–Crippen MR) is 30.2 cm³/mol. The molecule has 0 spiro atoms. The van der Waals surface area contributed by atoms with Crippen molar-refractivity contribution >= 4 is 0 Å². The Labute approximate surface area is 53.0 Å². The van der Waals surface area contributed by atoms with Gasteiger partial charge in [0.1, 0.15) is 0 Å². The van der Waals surface area contributed by atoms with Gasteiger partial charge < -0.3 is 10.5 Å². The summed E-state index contributed by atoms with van der Waals surface area (Å²) in [6, 6.07) is 0. The molecule has 0 aromatic rings. The average molecular weight is 139 g/mol. The lowest BCUT2D eigenvalue weighted by molar-refractivity contribution is -0.136. The van der Waals surface area contributed by atoms with Gasteiger partial charge >= 0.3 is 6.61 Å². The molecule has 2 N–H and O–H groups in total. The summed E-state index contributed by atoms with van der Waals surface area (Å²) in [4.78, 5) is 0. The molecular formula is C5H11F2NO. The molecule has 0 saturated heterocycles. The second kappa shape index (κ2) is 4.64. The fraction of sp³-hybridized carbons (Fsp3) is 1.00. The third kappa shape index (κ3) is 5.65. The molecule has 0 radical (unpaired) electrons. The van der Waals surface area contributed by atoms with Crippen molar-refractivity contribution in [3.05, 3.63) is 0 Å². The first-order valence-corrected chi connectivity index (χ1v) is 2.76. The van der Waals surface area contributed by atoms with E-state index in [2.05, 4.69) is 4.74 Å². The van der Waals surface area contributed by atoms with E-state index in [1.807, 2.05) is 0 Å². The van der Waals surface area contributed by atoms with Gasteiger partial charge in [0.25, 0.3) is 0 Å². The highest BCUT2D eigenvalue weighted by Gasteiger charge is 2.04. The number of rotatable bonds is 4. The minimum atomic E-state index is -2.67. The zero-order valence-electron chi connectivity index (χ0n) is 5.31. The summed E-state index contributed by atoms with van der Waals surface area (Å²) in [5.74, 6) is 0.0130. The van der Waals surface area contributed by atoms with Gasteiger partial charge in [0.05, 0.1) is 6.61 Å². The van der Waals surface area contributed by atoms with Gasteiger partial charge in [-0.15, -0.1) is 0 Å². The molecule has 2 nitrogen and oxygen atoms in total. The molecule has 0 heterocycles. The molecule has 4 heteroatoms. The minimum Gasteiger partial charge on any atom is -0.330 e. The van der Waals surface area contributed by atoms with E-state index in [9.17, 15) is 8.78 Å². The topological polar surface area (TPSA) is 35.2 Å². The molecule has 1 atom stereocenters. The van der Waals surface area contributed by atoms with Crippen molar-refractivity contribution in [1.29, 1.82) is 0 Å². The highest BCUT2D eigenvalue weighted by atomic mass is 19.3. The molecule has 0 rings (SSSR count). The Morgan fingerprint density at radius 1 is 1.56 bits per heavy atom. The second-order valence-corrected chi connectivity index (χ2v) is 1.93. The van der Waals surface area contributed by atoms with Gasteiger partial charge in [0.15, 0.2) is 0 Å². The first kappa shape index (κ1) is 8.78. The lowest BCUT2D eigenvalue weighted by Crippen LogP contribution is -2.17. The molecule has 0 saturated carbocycles. The number of ether oxygens (including phenoxy) is 1. The molecule has 0 amide bonds. The van der Waals surface area contributed by atoms with Crippen LogP contribution in [0, 0.1) is 5.92 Å². The van der Waals surface area contributed by atoms with Crippen LogP contribution in [0.15, 0.2) is 0 Å². The number of halogens is 2. The lowest BCUT2D eigenvalue weighted by atomic mass is 10.2. The van der Waals surface area contributed by atoms with Gasteiger partial charge in [-0.3, -0.25) is 0 Å². The summed E-state index contributed by atoms with van der Waals surface area (Å²) in [5.41, 5.74) is 5.13. The average Bonchev–Trinajstić information content (AvgIpc) is 1.83. The Bertz CT molecular complexity index is 70.0. The maximum Gasteiger partial charge on any atom is 0.345 e. The van der Waals surface area contributed by atoms with Crippen LogP contribution in [-0.2, 0) is 4.74 Å². The number of nitrogens with two attached hydrogens (primary N) is 1. The maximum absolute atomic E-state index is 11.3. The van der Waals surface area contributed by atoms with Crippen molar-refractivity contribution in [2.24, 2.45) is 11.7 Å². The summed E-state index contributed by atoms with van der Waals surface area (Å²) in [7, 11) is 0. The van der Waals surface area contributed by atoms with Gasteiger partial charge in [0.2, 0.25) is 0 Å². The van der Waals surface area contributed by atoms with E-state index in [0.717, 1.165) is 0 Å². The van der Waals surface area contributed by atoms with Crippen molar-refractivity contribution in [3.8, 4) is 0 Å². The zero-order chi connectivity index (χ0) is 7.28. The quantitative estimate of drug-likeness (QED) is 0.625. The van der Waals surface area contributed by atoms with E-state index in [1.54, 1.807) is 6.92 Å². The van der Waals surface area contributed by atoms with E-state index in [-0.39, 0.29) is 12.5 Å². The van der Waals surface area contributed by atoms with E-state index in [0.29, 0.717) is 6.54 Å². The summed E-state index contributed by atoms with van der Waals surface area (Å²) >= 11 is 0. The molecule has 0 fully saturated rings. The molecule has 0 aliphatic carbocycles. The predicted octanol–water partition coefficient (Wildman–Crippen LogP) is 0.820. The number of hydrogen-bond donors (Lipinski definition) is 1. The highest BCUT2D eigenvalue weighted by molar-refractivity contribution is 4.48. The van der Waals surface area contributed by atoms with Crippen LogP contribution in [0.5, 0.6) is 0 Å². The summed E-state index contributed by atoms with van der Waals surface area (Å²) in [6.45, 7) is -0.498. The van der Waals surface area contributed by atoms with Gasteiger partial charge in [-0.1, -0.05) is 6.92 Å². The highest BCUT2D eigenvalue weighted by Crippen LogP contribution is 1.98. The summed E-state index contributed by atoms with van der Waals surface area (Å²) in [6.07, 6.45) is 0. The Morgan fingerprint density at radius 2 is 2.11 bits per heavy atom. The summed E-state index contributed by atoms with van der Waals surface area (Å²) < 4.78 is 26.5. The van der Waals surface area contributed by atoms with Crippen LogP contribution in [0.4, 0.5) is 8.78 Å². The number of alkyl halides is 2. The third-order valence-corrected chi connectivity index (χ3v) is 0.909. The smallest absolute Gasteiger partial charge is 0.330 e. The molecular weight excluding hydrogens is 128 g/mol. The van der Waals surface area contributed by atoms with Gasteiger partial charge in [-0.05, 0) is 12.5 Å². The Hall–Kier alpha value is -0.220. The normalized spacial score (nSPS) is 14.3.